The molecule has 1 atom stereocenters. The Morgan fingerprint density at radius 3 is 2.45 bits per heavy atom. The molecule has 0 aliphatic carbocycles. The number of carbonyl (C=O) groups is 3. The first kappa shape index (κ1) is 20.1. The Labute approximate surface area is 168 Å². The van der Waals surface area contributed by atoms with Gasteiger partial charge in [0.2, 0.25) is 5.91 Å². The smallest absolute Gasteiger partial charge is 0.338 e. The van der Waals surface area contributed by atoms with Crippen LogP contribution in [0.1, 0.15) is 21.5 Å². The topological polar surface area (TPSA) is 97.5 Å². The second kappa shape index (κ2) is 9.05. The first-order valence-electron chi connectivity index (χ1n) is 9.12. The van der Waals surface area contributed by atoms with E-state index in [1.54, 1.807) is 24.3 Å². The molecule has 0 spiro atoms. The Hall–Kier alpha value is -3.61. The molecule has 3 aromatic rings. The van der Waals surface area contributed by atoms with Gasteiger partial charge in [0.1, 0.15) is 6.04 Å². The number of methoxy groups -OCH3 is 2. The molecule has 7 heteroatoms. The zero-order valence-corrected chi connectivity index (χ0v) is 16.2. The highest BCUT2D eigenvalue weighted by Gasteiger charge is 2.24. The standard InChI is InChI=1S/C22H22N2O5/c1-28-21(26)17-9-4-3-7-14(17)12-20(25)24-19(22(27)29-2)11-15-13-23-18-10-6-5-8-16(15)18/h3-10,13,19,23H,11-12H2,1-2H3,(H,24,25)/t19-/m0/s1. The highest BCUT2D eigenvalue weighted by molar-refractivity contribution is 5.94. The van der Waals surface area contributed by atoms with E-state index in [-0.39, 0.29) is 12.8 Å². The van der Waals surface area contributed by atoms with Crippen LogP contribution in [0.3, 0.4) is 0 Å². The molecule has 0 bridgehead atoms. The molecule has 1 aromatic heterocycles. The van der Waals surface area contributed by atoms with E-state index in [9.17, 15) is 14.4 Å². The third-order valence-electron chi connectivity index (χ3n) is 4.69. The number of esters is 2. The van der Waals surface area contributed by atoms with Crippen molar-refractivity contribution in [2.45, 2.75) is 18.9 Å². The molecule has 0 saturated heterocycles. The average molecular weight is 394 g/mol. The van der Waals surface area contributed by atoms with Crippen LogP contribution >= 0.6 is 0 Å². The summed E-state index contributed by atoms with van der Waals surface area (Å²) in [6.45, 7) is 0. The third kappa shape index (κ3) is 4.63. The van der Waals surface area contributed by atoms with Gasteiger partial charge in [-0.15, -0.1) is 0 Å². The van der Waals surface area contributed by atoms with Crippen molar-refractivity contribution in [2.24, 2.45) is 0 Å². The summed E-state index contributed by atoms with van der Waals surface area (Å²) in [7, 11) is 2.57. The summed E-state index contributed by atoms with van der Waals surface area (Å²) >= 11 is 0. The number of aromatic amines is 1. The van der Waals surface area contributed by atoms with E-state index in [4.69, 9.17) is 9.47 Å². The van der Waals surface area contributed by atoms with Crippen LogP contribution in [0.15, 0.2) is 54.7 Å². The molecule has 29 heavy (non-hydrogen) atoms. The molecular weight excluding hydrogens is 372 g/mol. The van der Waals surface area contributed by atoms with Gasteiger partial charge in [-0.3, -0.25) is 4.79 Å². The highest BCUT2D eigenvalue weighted by Crippen LogP contribution is 2.19. The van der Waals surface area contributed by atoms with Gasteiger partial charge in [-0.1, -0.05) is 36.4 Å². The zero-order chi connectivity index (χ0) is 20.8. The number of fused-ring (bicyclic) bond motifs is 1. The predicted molar refractivity (Wildman–Crippen MR) is 107 cm³/mol. The number of aromatic nitrogens is 1. The zero-order valence-electron chi connectivity index (χ0n) is 16.2. The number of hydrogen-bond donors (Lipinski definition) is 2. The summed E-state index contributed by atoms with van der Waals surface area (Å²) in [6.07, 6.45) is 2.03. The molecule has 0 saturated carbocycles. The lowest BCUT2D eigenvalue weighted by molar-refractivity contribution is -0.145. The summed E-state index contributed by atoms with van der Waals surface area (Å²) in [5.41, 5.74) is 2.68. The van der Waals surface area contributed by atoms with Crippen LogP contribution in [0, 0.1) is 0 Å². The van der Waals surface area contributed by atoms with Crippen molar-refractivity contribution in [3.8, 4) is 0 Å². The van der Waals surface area contributed by atoms with E-state index in [1.165, 1.54) is 14.2 Å². The molecule has 0 fully saturated rings. The van der Waals surface area contributed by atoms with Gasteiger partial charge in [-0.25, -0.2) is 9.59 Å². The third-order valence-corrected chi connectivity index (χ3v) is 4.69. The van der Waals surface area contributed by atoms with Crippen molar-refractivity contribution in [3.05, 3.63) is 71.4 Å². The van der Waals surface area contributed by atoms with Crippen molar-refractivity contribution in [3.63, 3.8) is 0 Å². The van der Waals surface area contributed by atoms with E-state index in [2.05, 4.69) is 10.3 Å². The average Bonchev–Trinajstić information content (AvgIpc) is 3.15. The SMILES string of the molecule is COC(=O)c1ccccc1CC(=O)N[C@@H](Cc1c[nH]c2ccccc12)C(=O)OC. The van der Waals surface area contributed by atoms with Crippen LogP contribution in [0.4, 0.5) is 0 Å². The Bertz CT molecular complexity index is 1040. The lowest BCUT2D eigenvalue weighted by Gasteiger charge is -2.17. The van der Waals surface area contributed by atoms with Gasteiger partial charge in [0.15, 0.2) is 0 Å². The van der Waals surface area contributed by atoms with Gasteiger partial charge >= 0.3 is 11.9 Å². The number of H-pyrrole nitrogens is 1. The van der Waals surface area contributed by atoms with Gasteiger partial charge in [0.25, 0.3) is 0 Å². The second-order valence-corrected chi connectivity index (χ2v) is 6.53. The van der Waals surface area contributed by atoms with Gasteiger partial charge in [-0.05, 0) is 23.3 Å². The minimum atomic E-state index is -0.850. The number of rotatable bonds is 7. The molecule has 0 aliphatic heterocycles. The van der Waals surface area contributed by atoms with Crippen LogP contribution < -0.4 is 5.32 Å². The molecule has 0 unspecified atom stereocenters. The summed E-state index contributed by atoms with van der Waals surface area (Å²) in [4.78, 5) is 39.9. The normalized spacial score (nSPS) is 11.7. The summed E-state index contributed by atoms with van der Waals surface area (Å²) in [5.74, 6) is -1.45. The number of benzene rings is 2. The van der Waals surface area contributed by atoms with Crippen LogP contribution in [-0.2, 0) is 31.9 Å². The number of nitrogens with one attached hydrogen (secondary N) is 2. The molecule has 1 heterocycles. The van der Waals surface area contributed by atoms with Crippen molar-refractivity contribution < 1.29 is 23.9 Å². The van der Waals surface area contributed by atoms with Gasteiger partial charge in [0.05, 0.1) is 26.2 Å². The fourth-order valence-electron chi connectivity index (χ4n) is 3.26. The molecule has 150 valence electrons. The Morgan fingerprint density at radius 2 is 1.69 bits per heavy atom. The number of amides is 1. The molecular formula is C22H22N2O5. The Kier molecular flexibility index (Phi) is 6.29. The van der Waals surface area contributed by atoms with Crippen LogP contribution in [-0.4, -0.2) is 43.1 Å². The predicted octanol–water partition coefficient (Wildman–Crippen LogP) is 2.40. The Balaban J connectivity index is 1.76. The van der Waals surface area contributed by atoms with E-state index in [0.717, 1.165) is 16.5 Å². The van der Waals surface area contributed by atoms with Gasteiger partial charge in [-0.2, -0.15) is 0 Å². The quantitative estimate of drug-likeness (QED) is 0.600. The van der Waals surface area contributed by atoms with Crippen molar-refractivity contribution in [2.75, 3.05) is 14.2 Å². The maximum atomic E-state index is 12.6. The fourth-order valence-corrected chi connectivity index (χ4v) is 3.26. The number of carbonyl (C=O) groups excluding carboxylic acids is 3. The fraction of sp³-hybridized carbons (Fsp3) is 0.227. The van der Waals surface area contributed by atoms with E-state index < -0.39 is 23.9 Å². The molecule has 2 aromatic carbocycles. The first-order valence-corrected chi connectivity index (χ1v) is 9.12. The maximum Gasteiger partial charge on any atom is 0.338 e. The summed E-state index contributed by atoms with van der Waals surface area (Å²) in [6, 6.07) is 13.6. The van der Waals surface area contributed by atoms with Gasteiger partial charge in [0, 0.05) is 23.5 Å². The minimum absolute atomic E-state index is 0.0628. The number of para-hydroxylation sites is 1. The van der Waals surface area contributed by atoms with E-state index >= 15 is 0 Å². The molecule has 2 N–H and O–H groups in total. The van der Waals surface area contributed by atoms with Crippen LogP contribution in [0.25, 0.3) is 10.9 Å². The molecule has 3 rings (SSSR count). The molecule has 0 radical (unpaired) electrons. The number of hydrogen-bond acceptors (Lipinski definition) is 5. The van der Waals surface area contributed by atoms with Crippen LogP contribution in [0.2, 0.25) is 0 Å². The Morgan fingerprint density at radius 1 is 0.966 bits per heavy atom. The molecule has 0 aliphatic rings. The first-order chi connectivity index (χ1) is 14.0. The lowest BCUT2D eigenvalue weighted by Crippen LogP contribution is -2.43. The van der Waals surface area contributed by atoms with E-state index in [1.807, 2.05) is 30.5 Å². The highest BCUT2D eigenvalue weighted by atomic mass is 16.5. The largest absolute Gasteiger partial charge is 0.467 e. The maximum absolute atomic E-state index is 12.6. The second-order valence-electron chi connectivity index (χ2n) is 6.53. The van der Waals surface area contributed by atoms with E-state index in [0.29, 0.717) is 11.1 Å². The van der Waals surface area contributed by atoms with Gasteiger partial charge < -0.3 is 19.8 Å². The summed E-state index contributed by atoms with van der Waals surface area (Å²) < 4.78 is 9.62. The van der Waals surface area contributed by atoms with Crippen molar-refractivity contribution >= 4 is 28.7 Å². The minimum Gasteiger partial charge on any atom is -0.467 e. The summed E-state index contributed by atoms with van der Waals surface area (Å²) in [5, 5.41) is 3.70. The number of ether oxygens (including phenoxy) is 2. The molecule has 7 nitrogen and oxygen atoms in total. The van der Waals surface area contributed by atoms with Crippen molar-refractivity contribution in [1.29, 1.82) is 0 Å². The lowest BCUT2D eigenvalue weighted by atomic mass is 10.0. The van der Waals surface area contributed by atoms with Crippen molar-refractivity contribution in [1.82, 2.24) is 10.3 Å². The van der Waals surface area contributed by atoms with Crippen LogP contribution in [0.5, 0.6) is 0 Å². The molecule has 1 amide bonds. The monoisotopic (exact) mass is 394 g/mol.